The van der Waals surface area contributed by atoms with Crippen molar-refractivity contribution in [1.29, 1.82) is 0 Å². The molecule has 0 saturated carbocycles. The van der Waals surface area contributed by atoms with E-state index in [0.29, 0.717) is 40.6 Å². The smallest absolute Gasteiger partial charge is 0.388 e. The molecule has 3 aromatic rings. The molecule has 2 aliphatic rings. The fraction of sp³-hybridized carbons (Fsp3) is 0.429. The van der Waals surface area contributed by atoms with E-state index in [0.717, 1.165) is 18.7 Å². The number of hydrogen-bond acceptors (Lipinski definition) is 7. The quantitative estimate of drug-likeness (QED) is 0.624. The third-order valence-corrected chi connectivity index (χ3v) is 6.14. The van der Waals surface area contributed by atoms with Gasteiger partial charge in [0, 0.05) is 42.5 Å². The number of nitrogens with zero attached hydrogens (tertiary/aromatic N) is 5. The second-order valence-electron chi connectivity index (χ2n) is 8.07. The molecule has 0 aliphatic carbocycles. The average Bonchev–Trinajstić information content (AvgIpc) is 3.42. The van der Waals surface area contributed by atoms with E-state index in [9.17, 15) is 8.78 Å². The third kappa shape index (κ3) is 4.07. The van der Waals surface area contributed by atoms with Gasteiger partial charge in [-0.05, 0) is 49.9 Å². The zero-order valence-electron chi connectivity index (χ0n) is 17.0. The van der Waals surface area contributed by atoms with E-state index in [1.54, 1.807) is 24.4 Å². The summed E-state index contributed by atoms with van der Waals surface area (Å²) in [6.45, 7) is -2.99. The first-order valence-corrected chi connectivity index (χ1v) is 10.3. The summed E-state index contributed by atoms with van der Waals surface area (Å²) in [5.41, 5.74) is 1.92. The van der Waals surface area contributed by atoms with Crippen LogP contribution in [0.2, 0.25) is 0 Å². The summed E-state index contributed by atoms with van der Waals surface area (Å²) in [6.07, 6.45) is 7.79. The van der Waals surface area contributed by atoms with Crippen LogP contribution >= 0.6 is 0 Å². The number of halogens is 2. The van der Waals surface area contributed by atoms with Gasteiger partial charge >= 0.3 is 6.61 Å². The van der Waals surface area contributed by atoms with E-state index >= 15 is 0 Å². The van der Waals surface area contributed by atoms with E-state index in [1.165, 1.54) is 19.0 Å². The van der Waals surface area contributed by atoms with Crippen LogP contribution in [0.3, 0.4) is 0 Å². The van der Waals surface area contributed by atoms with Crippen LogP contribution in [0.5, 0.6) is 5.88 Å². The number of anilines is 1. The summed E-state index contributed by atoms with van der Waals surface area (Å²) in [5, 5.41) is 18.8. The molecule has 0 radical (unpaired) electrons. The van der Waals surface area contributed by atoms with Gasteiger partial charge < -0.3 is 15.0 Å². The number of rotatable bonds is 6. The van der Waals surface area contributed by atoms with E-state index in [1.807, 2.05) is 13.1 Å². The molecule has 0 aromatic carbocycles. The second kappa shape index (κ2) is 8.18. The minimum Gasteiger partial charge on any atom is -0.416 e. The first kappa shape index (κ1) is 19.8. The summed E-state index contributed by atoms with van der Waals surface area (Å²) in [4.78, 5) is 6.45. The maximum Gasteiger partial charge on any atom is 0.388 e. The molecule has 2 bridgehead atoms. The number of ether oxygens (including phenoxy) is 1. The molecular formula is C21H23F2N7O. The lowest BCUT2D eigenvalue weighted by Gasteiger charge is -2.36. The van der Waals surface area contributed by atoms with Crippen molar-refractivity contribution in [3.8, 4) is 28.4 Å². The molecular weight excluding hydrogens is 404 g/mol. The van der Waals surface area contributed by atoms with Crippen molar-refractivity contribution >= 4 is 5.82 Å². The van der Waals surface area contributed by atoms with E-state index in [2.05, 4.69) is 40.3 Å². The maximum absolute atomic E-state index is 12.9. The summed E-state index contributed by atoms with van der Waals surface area (Å²) in [5.74, 6) is 0.608. The van der Waals surface area contributed by atoms with Gasteiger partial charge in [-0.25, -0.2) is 4.98 Å². The van der Waals surface area contributed by atoms with Crippen molar-refractivity contribution in [3.05, 3.63) is 36.7 Å². The highest BCUT2D eigenvalue weighted by molar-refractivity contribution is 5.70. The van der Waals surface area contributed by atoms with Gasteiger partial charge in [0.05, 0.1) is 11.9 Å². The predicted octanol–water partition coefficient (Wildman–Crippen LogP) is 3.25. The normalized spacial score (nSPS) is 22.6. The molecule has 10 heteroatoms. The Hall–Kier alpha value is -3.14. The predicted molar refractivity (Wildman–Crippen MR) is 111 cm³/mol. The molecule has 2 aliphatic heterocycles. The monoisotopic (exact) mass is 427 g/mol. The van der Waals surface area contributed by atoms with E-state index in [4.69, 9.17) is 0 Å². The van der Waals surface area contributed by atoms with Gasteiger partial charge in [0.15, 0.2) is 5.82 Å². The van der Waals surface area contributed by atoms with Crippen LogP contribution in [-0.4, -0.2) is 57.2 Å². The SMILES string of the molecule is CN(c1ccc(-c2ccc(-c3cn[nH]c3)c(OC(F)F)n2)nn1)C1C[C@H]2CC[C@@H](C1)N2. The van der Waals surface area contributed by atoms with E-state index in [-0.39, 0.29) is 5.88 Å². The van der Waals surface area contributed by atoms with Crippen LogP contribution in [0.15, 0.2) is 36.7 Å². The Morgan fingerprint density at radius 2 is 1.84 bits per heavy atom. The zero-order chi connectivity index (χ0) is 21.4. The highest BCUT2D eigenvalue weighted by Gasteiger charge is 2.35. The summed E-state index contributed by atoms with van der Waals surface area (Å²) in [7, 11) is 2.05. The third-order valence-electron chi connectivity index (χ3n) is 6.14. The lowest BCUT2D eigenvalue weighted by Crippen LogP contribution is -2.47. The van der Waals surface area contributed by atoms with Gasteiger partial charge in [-0.1, -0.05) is 0 Å². The number of hydrogen-bond donors (Lipinski definition) is 2. The molecule has 0 amide bonds. The maximum atomic E-state index is 12.9. The molecule has 162 valence electrons. The molecule has 5 rings (SSSR count). The summed E-state index contributed by atoms with van der Waals surface area (Å²) >= 11 is 0. The molecule has 8 nitrogen and oxygen atoms in total. The summed E-state index contributed by atoms with van der Waals surface area (Å²) < 4.78 is 30.5. The van der Waals surface area contributed by atoms with Crippen molar-refractivity contribution < 1.29 is 13.5 Å². The van der Waals surface area contributed by atoms with Crippen LogP contribution in [0.25, 0.3) is 22.5 Å². The van der Waals surface area contributed by atoms with Crippen molar-refractivity contribution in [2.45, 2.75) is 50.4 Å². The lowest BCUT2D eigenvalue weighted by molar-refractivity contribution is -0.0523. The Morgan fingerprint density at radius 3 is 2.48 bits per heavy atom. The average molecular weight is 427 g/mol. The van der Waals surface area contributed by atoms with Crippen LogP contribution in [-0.2, 0) is 0 Å². The van der Waals surface area contributed by atoms with Gasteiger partial charge in [0.2, 0.25) is 5.88 Å². The topological polar surface area (TPSA) is 91.9 Å². The molecule has 2 saturated heterocycles. The number of piperidine rings is 1. The molecule has 31 heavy (non-hydrogen) atoms. The van der Waals surface area contributed by atoms with Gasteiger partial charge in [-0.3, -0.25) is 5.10 Å². The number of fused-ring (bicyclic) bond motifs is 2. The van der Waals surface area contributed by atoms with Gasteiger partial charge in [-0.15, -0.1) is 10.2 Å². The molecule has 5 heterocycles. The number of nitrogens with one attached hydrogen (secondary N) is 2. The minimum absolute atomic E-state index is 0.179. The first-order valence-electron chi connectivity index (χ1n) is 10.3. The van der Waals surface area contributed by atoms with Gasteiger partial charge in [-0.2, -0.15) is 13.9 Å². The zero-order valence-corrected chi connectivity index (χ0v) is 17.0. The van der Waals surface area contributed by atoms with Gasteiger partial charge in [0.25, 0.3) is 0 Å². The highest BCUT2D eigenvalue weighted by atomic mass is 19.3. The molecule has 1 unspecified atom stereocenters. The lowest BCUT2D eigenvalue weighted by atomic mass is 9.98. The number of aromatic nitrogens is 5. The molecule has 0 spiro atoms. The molecule has 2 N–H and O–H groups in total. The fourth-order valence-corrected chi connectivity index (χ4v) is 4.56. The van der Waals surface area contributed by atoms with Crippen LogP contribution in [0.1, 0.15) is 25.7 Å². The standard InChI is InChI=1S/C21H23F2N7O/c1-30(15-8-13-2-3-14(9-15)26-13)19-7-6-18(28-29-19)17-5-4-16(12-10-24-25-11-12)20(27-17)31-21(22)23/h4-7,10-11,13-15,21,26H,2-3,8-9H2,1H3,(H,24,25)/t13-,14+,15?. The van der Waals surface area contributed by atoms with Crippen molar-refractivity contribution in [2.24, 2.45) is 0 Å². The van der Waals surface area contributed by atoms with E-state index < -0.39 is 6.61 Å². The Kier molecular flexibility index (Phi) is 5.23. The van der Waals surface area contributed by atoms with Gasteiger partial charge in [0.1, 0.15) is 5.69 Å². The minimum atomic E-state index is -2.99. The van der Waals surface area contributed by atoms with Crippen molar-refractivity contribution in [2.75, 3.05) is 11.9 Å². The largest absolute Gasteiger partial charge is 0.416 e. The number of aromatic amines is 1. The number of H-pyrrole nitrogens is 1. The Labute approximate surface area is 178 Å². The van der Waals surface area contributed by atoms with Crippen LogP contribution in [0, 0.1) is 0 Å². The van der Waals surface area contributed by atoms with Crippen molar-refractivity contribution in [3.63, 3.8) is 0 Å². The number of alkyl halides is 2. The second-order valence-corrected chi connectivity index (χ2v) is 8.07. The fourth-order valence-electron chi connectivity index (χ4n) is 4.56. The first-order chi connectivity index (χ1) is 15.1. The highest BCUT2D eigenvalue weighted by Crippen LogP contribution is 2.33. The summed E-state index contributed by atoms with van der Waals surface area (Å²) in [6, 6.07) is 8.67. The molecule has 3 aromatic heterocycles. The Balaban J connectivity index is 1.38. The Bertz CT molecular complexity index is 1020. The molecule has 2 fully saturated rings. The van der Waals surface area contributed by atoms with Crippen molar-refractivity contribution in [1.82, 2.24) is 30.7 Å². The van der Waals surface area contributed by atoms with Crippen LogP contribution < -0.4 is 15.0 Å². The van der Waals surface area contributed by atoms with Crippen LogP contribution in [0.4, 0.5) is 14.6 Å². The Morgan fingerprint density at radius 1 is 1.06 bits per heavy atom. The molecule has 3 atom stereocenters. The number of pyridine rings is 1.